The molecule has 1 unspecified atom stereocenters. The maximum Gasteiger partial charge on any atom is 0.323 e. The zero-order chi connectivity index (χ0) is 15.0. The molecule has 3 rings (SSSR count). The maximum absolute atomic E-state index is 12.6. The monoisotopic (exact) mass is 302 g/mol. The Morgan fingerprint density at radius 1 is 1.10 bits per heavy atom. The van der Waals surface area contributed by atoms with Crippen LogP contribution in [0.2, 0.25) is 5.02 Å². The highest BCUT2D eigenvalue weighted by molar-refractivity contribution is 6.31. The Morgan fingerprint density at radius 3 is 2.52 bits per heavy atom. The Bertz CT molecular complexity index is 711. The van der Waals surface area contributed by atoms with Gasteiger partial charge in [0.25, 0.3) is 0 Å². The van der Waals surface area contributed by atoms with Crippen LogP contribution in [-0.2, 0) is 19.7 Å². The van der Waals surface area contributed by atoms with Gasteiger partial charge in [0.05, 0.1) is 13.7 Å². The van der Waals surface area contributed by atoms with Gasteiger partial charge in [0.15, 0.2) is 0 Å². The first-order valence-corrected chi connectivity index (χ1v) is 7.00. The summed E-state index contributed by atoms with van der Waals surface area (Å²) in [6.45, 7) is 0.227. The van der Waals surface area contributed by atoms with E-state index in [1.165, 1.54) is 7.11 Å². The molecular formula is C17H15ClO3. The highest BCUT2D eigenvalue weighted by Gasteiger charge is 2.50. The van der Waals surface area contributed by atoms with Crippen molar-refractivity contribution in [3.63, 3.8) is 0 Å². The summed E-state index contributed by atoms with van der Waals surface area (Å²) in [6, 6.07) is 13.4. The van der Waals surface area contributed by atoms with Gasteiger partial charge in [0, 0.05) is 12.1 Å². The van der Waals surface area contributed by atoms with Gasteiger partial charge in [-0.25, -0.2) is 0 Å². The number of ether oxygens (including phenoxy) is 2. The van der Waals surface area contributed by atoms with Gasteiger partial charge in [0.1, 0.15) is 5.41 Å². The molecule has 21 heavy (non-hydrogen) atoms. The van der Waals surface area contributed by atoms with Crippen LogP contribution in [0.5, 0.6) is 0 Å². The number of esters is 1. The predicted octanol–water partition coefficient (Wildman–Crippen LogP) is 3.43. The molecule has 2 aromatic rings. The zero-order valence-electron chi connectivity index (χ0n) is 11.9. The number of halogens is 1. The number of methoxy groups -OCH3 is 2. The lowest BCUT2D eigenvalue weighted by molar-refractivity contribution is -0.147. The number of hydrogen-bond donors (Lipinski definition) is 0. The lowest BCUT2D eigenvalue weighted by atomic mass is 9.79. The fourth-order valence-corrected chi connectivity index (χ4v) is 3.34. The molecule has 2 aromatic carbocycles. The van der Waals surface area contributed by atoms with Crippen molar-refractivity contribution in [2.45, 2.75) is 5.41 Å². The largest absolute Gasteiger partial charge is 0.468 e. The third-order valence-electron chi connectivity index (χ3n) is 4.01. The molecule has 1 aliphatic rings. The van der Waals surface area contributed by atoms with E-state index in [-0.39, 0.29) is 12.6 Å². The van der Waals surface area contributed by atoms with Crippen molar-refractivity contribution in [3.8, 4) is 11.1 Å². The highest BCUT2D eigenvalue weighted by Crippen LogP contribution is 2.50. The molecule has 1 atom stereocenters. The normalized spacial score (nSPS) is 19.0. The van der Waals surface area contributed by atoms with Crippen molar-refractivity contribution >= 4 is 17.6 Å². The second-order valence-corrected chi connectivity index (χ2v) is 5.50. The van der Waals surface area contributed by atoms with Crippen LogP contribution >= 0.6 is 11.6 Å². The Labute approximate surface area is 128 Å². The molecule has 0 saturated carbocycles. The average molecular weight is 303 g/mol. The molecule has 0 saturated heterocycles. The molecule has 4 heteroatoms. The van der Waals surface area contributed by atoms with Crippen LogP contribution in [0.15, 0.2) is 42.5 Å². The van der Waals surface area contributed by atoms with E-state index >= 15 is 0 Å². The van der Waals surface area contributed by atoms with Crippen molar-refractivity contribution < 1.29 is 14.3 Å². The fourth-order valence-electron chi connectivity index (χ4n) is 3.17. The third-order valence-corrected chi connectivity index (χ3v) is 4.25. The van der Waals surface area contributed by atoms with Crippen molar-refractivity contribution in [2.24, 2.45) is 0 Å². The smallest absolute Gasteiger partial charge is 0.323 e. The number of fused-ring (bicyclic) bond motifs is 3. The van der Waals surface area contributed by atoms with Gasteiger partial charge in [0.2, 0.25) is 0 Å². The molecule has 0 heterocycles. The average Bonchev–Trinajstić information content (AvgIpc) is 2.78. The molecule has 0 fully saturated rings. The van der Waals surface area contributed by atoms with Crippen molar-refractivity contribution in [2.75, 3.05) is 20.8 Å². The number of rotatable bonds is 3. The first kappa shape index (κ1) is 14.1. The van der Waals surface area contributed by atoms with Gasteiger partial charge >= 0.3 is 5.97 Å². The summed E-state index contributed by atoms with van der Waals surface area (Å²) in [6.07, 6.45) is 0. The Kier molecular flexibility index (Phi) is 3.47. The number of benzene rings is 2. The summed E-state index contributed by atoms with van der Waals surface area (Å²) in [5, 5.41) is 0.640. The number of carbonyl (C=O) groups is 1. The number of carbonyl (C=O) groups excluding carboxylic acids is 1. The van der Waals surface area contributed by atoms with E-state index < -0.39 is 5.41 Å². The van der Waals surface area contributed by atoms with Gasteiger partial charge in [-0.1, -0.05) is 41.9 Å². The lowest BCUT2D eigenvalue weighted by Gasteiger charge is -2.28. The maximum atomic E-state index is 12.6. The molecular weight excluding hydrogens is 288 g/mol. The third kappa shape index (κ3) is 1.88. The number of hydrogen-bond acceptors (Lipinski definition) is 3. The van der Waals surface area contributed by atoms with Crippen LogP contribution < -0.4 is 0 Å². The Hall–Kier alpha value is -1.84. The SMILES string of the molecule is COCC1(C(=O)OC)c2ccccc2-c2cc(Cl)ccc21. The summed E-state index contributed by atoms with van der Waals surface area (Å²) >= 11 is 6.13. The van der Waals surface area contributed by atoms with E-state index in [0.717, 1.165) is 22.3 Å². The summed E-state index contributed by atoms with van der Waals surface area (Å²) in [4.78, 5) is 12.6. The Balaban J connectivity index is 2.37. The van der Waals surface area contributed by atoms with Crippen LogP contribution in [0.4, 0.5) is 0 Å². The summed E-state index contributed by atoms with van der Waals surface area (Å²) in [5.41, 5.74) is 2.80. The summed E-state index contributed by atoms with van der Waals surface area (Å²) < 4.78 is 10.4. The summed E-state index contributed by atoms with van der Waals surface area (Å²) in [7, 11) is 2.98. The first-order chi connectivity index (χ1) is 10.1. The van der Waals surface area contributed by atoms with Crippen LogP contribution in [0, 0.1) is 0 Å². The van der Waals surface area contributed by atoms with Gasteiger partial charge in [-0.05, 0) is 34.4 Å². The quantitative estimate of drug-likeness (QED) is 0.815. The molecule has 0 aliphatic heterocycles. The van der Waals surface area contributed by atoms with Crippen LogP contribution in [-0.4, -0.2) is 26.8 Å². The van der Waals surface area contributed by atoms with Crippen LogP contribution in [0.25, 0.3) is 11.1 Å². The van der Waals surface area contributed by atoms with Crippen LogP contribution in [0.3, 0.4) is 0 Å². The lowest BCUT2D eigenvalue weighted by Crippen LogP contribution is -2.40. The molecule has 0 aromatic heterocycles. The zero-order valence-corrected chi connectivity index (χ0v) is 12.6. The molecule has 108 valence electrons. The highest BCUT2D eigenvalue weighted by atomic mass is 35.5. The van der Waals surface area contributed by atoms with E-state index in [2.05, 4.69) is 0 Å². The minimum atomic E-state index is -0.931. The fraction of sp³-hybridized carbons (Fsp3) is 0.235. The van der Waals surface area contributed by atoms with E-state index in [0.29, 0.717) is 5.02 Å². The van der Waals surface area contributed by atoms with Crippen molar-refractivity contribution in [1.29, 1.82) is 0 Å². The molecule has 0 radical (unpaired) electrons. The molecule has 0 N–H and O–H groups in total. The van der Waals surface area contributed by atoms with Gasteiger partial charge in [-0.3, -0.25) is 4.79 Å². The molecule has 0 bridgehead atoms. The van der Waals surface area contributed by atoms with Gasteiger partial charge < -0.3 is 9.47 Å². The second kappa shape index (κ2) is 5.17. The second-order valence-electron chi connectivity index (χ2n) is 5.07. The van der Waals surface area contributed by atoms with E-state index in [4.69, 9.17) is 21.1 Å². The molecule has 3 nitrogen and oxygen atoms in total. The molecule has 1 aliphatic carbocycles. The minimum Gasteiger partial charge on any atom is -0.468 e. The van der Waals surface area contributed by atoms with Crippen LogP contribution in [0.1, 0.15) is 11.1 Å². The predicted molar refractivity (Wildman–Crippen MR) is 81.6 cm³/mol. The molecule has 0 amide bonds. The standard InChI is InChI=1S/C17H15ClO3/c1-20-10-17(16(19)21-2)14-6-4-3-5-12(14)13-9-11(18)7-8-15(13)17/h3-9H,10H2,1-2H3. The van der Waals surface area contributed by atoms with Crippen molar-refractivity contribution in [1.82, 2.24) is 0 Å². The first-order valence-electron chi connectivity index (χ1n) is 6.62. The minimum absolute atomic E-state index is 0.227. The molecule has 0 spiro atoms. The van der Waals surface area contributed by atoms with Gasteiger partial charge in [-0.2, -0.15) is 0 Å². The van der Waals surface area contributed by atoms with E-state index in [1.54, 1.807) is 13.2 Å². The van der Waals surface area contributed by atoms with Gasteiger partial charge in [-0.15, -0.1) is 0 Å². The topological polar surface area (TPSA) is 35.5 Å². The Morgan fingerprint density at radius 2 is 1.81 bits per heavy atom. The summed E-state index contributed by atoms with van der Waals surface area (Å²) in [5.74, 6) is -0.321. The van der Waals surface area contributed by atoms with E-state index in [1.807, 2.05) is 36.4 Å². The van der Waals surface area contributed by atoms with E-state index in [9.17, 15) is 4.79 Å². The van der Waals surface area contributed by atoms with Crippen molar-refractivity contribution in [3.05, 3.63) is 58.6 Å².